The molecule has 5 rings (SSSR count). The molecule has 2 aromatic carbocycles. The van der Waals surface area contributed by atoms with Crippen molar-refractivity contribution in [2.75, 3.05) is 13.1 Å². The largest absolute Gasteiger partial charge is 0.437 e. The molecule has 2 aromatic heterocycles. The summed E-state index contributed by atoms with van der Waals surface area (Å²) in [6.07, 6.45) is 8.48. The molecule has 3 heterocycles. The molecule has 0 N–H and O–H groups in total. The van der Waals surface area contributed by atoms with Gasteiger partial charge in [0, 0.05) is 55.9 Å². The molecule has 0 spiro atoms. The van der Waals surface area contributed by atoms with Crippen molar-refractivity contribution in [3.8, 4) is 11.6 Å². The summed E-state index contributed by atoms with van der Waals surface area (Å²) < 4.78 is 21.2. The first-order chi connectivity index (χ1) is 17.1. The van der Waals surface area contributed by atoms with Crippen molar-refractivity contribution in [1.82, 2.24) is 24.4 Å². The fourth-order valence-corrected chi connectivity index (χ4v) is 4.42. The van der Waals surface area contributed by atoms with Crippen LogP contribution in [0.4, 0.5) is 4.39 Å². The Morgan fingerprint density at radius 2 is 1.80 bits per heavy atom. The monoisotopic (exact) mass is 471 g/mol. The molecule has 1 saturated heterocycles. The summed E-state index contributed by atoms with van der Waals surface area (Å²) in [4.78, 5) is 28.3. The van der Waals surface area contributed by atoms with Crippen LogP contribution >= 0.6 is 0 Å². The van der Waals surface area contributed by atoms with Crippen molar-refractivity contribution in [3.63, 3.8) is 0 Å². The molecule has 178 valence electrons. The van der Waals surface area contributed by atoms with Crippen molar-refractivity contribution >= 4 is 5.91 Å². The number of likely N-dealkylation sites (tertiary alicyclic amines) is 1. The number of nitrogens with zero attached hydrogens (tertiary/aromatic N) is 5. The average Bonchev–Trinajstić information content (AvgIpc) is 3.29. The predicted molar refractivity (Wildman–Crippen MR) is 129 cm³/mol. The third-order valence-electron chi connectivity index (χ3n) is 6.34. The van der Waals surface area contributed by atoms with Crippen LogP contribution in [-0.2, 0) is 6.54 Å². The molecule has 0 aliphatic carbocycles. The minimum absolute atomic E-state index is 0.0367. The number of carbonyl (C=O) groups excluding carboxylic acids is 1. The number of imidazole rings is 1. The Balaban J connectivity index is 1.24. The zero-order valence-electron chi connectivity index (χ0n) is 19.5. The predicted octanol–water partition coefficient (Wildman–Crippen LogP) is 4.98. The number of halogens is 1. The summed E-state index contributed by atoms with van der Waals surface area (Å²) in [6.45, 7) is 3.90. The first-order valence-electron chi connectivity index (χ1n) is 11.7. The van der Waals surface area contributed by atoms with Crippen LogP contribution in [0.15, 0.2) is 73.3 Å². The smallest absolute Gasteiger partial charge is 0.253 e. The molecule has 0 bridgehead atoms. The van der Waals surface area contributed by atoms with E-state index in [0.717, 1.165) is 29.9 Å². The Labute approximate surface area is 203 Å². The van der Waals surface area contributed by atoms with E-state index in [9.17, 15) is 9.18 Å². The highest BCUT2D eigenvalue weighted by molar-refractivity contribution is 5.94. The summed E-state index contributed by atoms with van der Waals surface area (Å²) in [5, 5.41) is 0. The summed E-state index contributed by atoms with van der Waals surface area (Å²) >= 11 is 0. The molecule has 0 unspecified atom stereocenters. The van der Waals surface area contributed by atoms with Crippen molar-refractivity contribution in [2.45, 2.75) is 32.2 Å². The number of rotatable bonds is 6. The molecule has 0 radical (unpaired) electrons. The standard InChI is InChI=1S/C27H26FN5O2/c1-19-29-13-16-33(19)18-20-3-2-4-22(17-20)27(34)32-14-9-21(10-15-32)25-26(31-12-11-30-25)35-24-7-5-23(28)6-8-24/h2-8,11-13,16-17,21H,9-10,14-15,18H2,1H3. The van der Waals surface area contributed by atoms with Gasteiger partial charge in [-0.25, -0.2) is 14.4 Å². The van der Waals surface area contributed by atoms with Gasteiger partial charge in [-0.1, -0.05) is 12.1 Å². The fraction of sp³-hybridized carbons (Fsp3) is 0.259. The van der Waals surface area contributed by atoms with Crippen molar-refractivity contribution in [3.05, 3.63) is 102 Å². The van der Waals surface area contributed by atoms with Gasteiger partial charge in [-0.05, 0) is 61.7 Å². The van der Waals surface area contributed by atoms with Crippen molar-refractivity contribution < 1.29 is 13.9 Å². The second-order valence-electron chi connectivity index (χ2n) is 8.67. The van der Waals surface area contributed by atoms with Crippen molar-refractivity contribution in [1.29, 1.82) is 0 Å². The van der Waals surface area contributed by atoms with Gasteiger partial charge >= 0.3 is 0 Å². The van der Waals surface area contributed by atoms with Gasteiger partial charge in [-0.15, -0.1) is 0 Å². The van der Waals surface area contributed by atoms with Gasteiger partial charge in [-0.2, -0.15) is 0 Å². The zero-order chi connectivity index (χ0) is 24.2. The highest BCUT2D eigenvalue weighted by atomic mass is 19.1. The first-order valence-corrected chi connectivity index (χ1v) is 11.7. The molecule has 1 amide bonds. The van der Waals surface area contributed by atoms with E-state index in [1.165, 1.54) is 12.1 Å². The summed E-state index contributed by atoms with van der Waals surface area (Å²) in [5.41, 5.74) is 2.52. The molecular weight excluding hydrogens is 445 g/mol. The molecule has 1 fully saturated rings. The normalized spacial score (nSPS) is 14.2. The number of aryl methyl sites for hydroxylation is 1. The number of carbonyl (C=O) groups is 1. The molecule has 1 aliphatic rings. The van der Waals surface area contributed by atoms with Crippen LogP contribution in [0.3, 0.4) is 0 Å². The quantitative estimate of drug-likeness (QED) is 0.397. The van der Waals surface area contributed by atoms with Crippen molar-refractivity contribution in [2.24, 2.45) is 0 Å². The van der Waals surface area contributed by atoms with E-state index in [1.54, 1.807) is 30.7 Å². The molecular formula is C27H26FN5O2. The number of benzene rings is 2. The lowest BCUT2D eigenvalue weighted by molar-refractivity contribution is 0.0711. The van der Waals surface area contributed by atoms with E-state index in [-0.39, 0.29) is 17.6 Å². The maximum atomic E-state index is 13.2. The van der Waals surface area contributed by atoms with Crippen LogP contribution in [0.2, 0.25) is 0 Å². The van der Waals surface area contributed by atoms with Gasteiger partial charge in [0.15, 0.2) is 0 Å². The number of aromatic nitrogens is 4. The molecule has 0 atom stereocenters. The number of hydrogen-bond donors (Lipinski definition) is 0. The highest BCUT2D eigenvalue weighted by Crippen LogP contribution is 2.34. The third kappa shape index (κ3) is 5.21. The molecule has 0 saturated carbocycles. The van der Waals surface area contributed by atoms with Gasteiger partial charge in [0.1, 0.15) is 23.1 Å². The topological polar surface area (TPSA) is 73.1 Å². The lowest BCUT2D eigenvalue weighted by Gasteiger charge is -2.32. The van der Waals surface area contributed by atoms with E-state index >= 15 is 0 Å². The highest BCUT2D eigenvalue weighted by Gasteiger charge is 2.28. The van der Waals surface area contributed by atoms with Gasteiger partial charge in [0.05, 0.1) is 0 Å². The number of ether oxygens (including phenoxy) is 1. The van der Waals surface area contributed by atoms with E-state index < -0.39 is 0 Å². The minimum atomic E-state index is -0.323. The Bertz CT molecular complexity index is 1310. The van der Waals surface area contributed by atoms with Gasteiger partial charge < -0.3 is 14.2 Å². The molecule has 4 aromatic rings. The zero-order valence-corrected chi connectivity index (χ0v) is 19.5. The van der Waals surface area contributed by atoms with Gasteiger partial charge in [-0.3, -0.25) is 9.78 Å². The lowest BCUT2D eigenvalue weighted by atomic mass is 9.93. The Morgan fingerprint density at radius 3 is 2.54 bits per heavy atom. The van der Waals surface area contributed by atoms with Gasteiger partial charge in [0.25, 0.3) is 5.91 Å². The van der Waals surface area contributed by atoms with Crippen LogP contribution in [-0.4, -0.2) is 43.4 Å². The van der Waals surface area contributed by atoms with Crippen LogP contribution < -0.4 is 4.74 Å². The maximum Gasteiger partial charge on any atom is 0.253 e. The summed E-state index contributed by atoms with van der Waals surface area (Å²) in [6, 6.07) is 13.6. The summed E-state index contributed by atoms with van der Waals surface area (Å²) in [7, 11) is 0. The molecule has 7 nitrogen and oxygen atoms in total. The van der Waals surface area contributed by atoms with E-state index in [1.807, 2.05) is 42.3 Å². The number of hydrogen-bond acceptors (Lipinski definition) is 5. The minimum Gasteiger partial charge on any atom is -0.437 e. The molecule has 8 heteroatoms. The van der Waals surface area contributed by atoms with Crippen LogP contribution in [0.5, 0.6) is 11.6 Å². The van der Waals surface area contributed by atoms with E-state index in [2.05, 4.69) is 19.5 Å². The Hall–Kier alpha value is -4.07. The summed E-state index contributed by atoms with van der Waals surface area (Å²) in [5.74, 6) is 1.71. The van der Waals surface area contributed by atoms with Crippen LogP contribution in [0.25, 0.3) is 0 Å². The van der Waals surface area contributed by atoms with E-state index in [4.69, 9.17) is 4.74 Å². The number of amides is 1. The van der Waals surface area contributed by atoms with E-state index in [0.29, 0.717) is 36.8 Å². The lowest BCUT2D eigenvalue weighted by Crippen LogP contribution is -2.38. The Morgan fingerprint density at radius 1 is 1.03 bits per heavy atom. The molecule has 35 heavy (non-hydrogen) atoms. The first kappa shape index (κ1) is 22.7. The van der Waals surface area contributed by atoms with Crippen LogP contribution in [0, 0.1) is 12.7 Å². The second kappa shape index (κ2) is 10.0. The number of piperidine rings is 1. The van der Waals surface area contributed by atoms with Crippen LogP contribution in [0.1, 0.15) is 46.2 Å². The second-order valence-corrected chi connectivity index (χ2v) is 8.67. The molecule has 1 aliphatic heterocycles. The van der Waals surface area contributed by atoms with Gasteiger partial charge in [0.2, 0.25) is 5.88 Å². The average molecular weight is 472 g/mol. The Kier molecular flexibility index (Phi) is 6.52. The maximum absolute atomic E-state index is 13.2. The fourth-order valence-electron chi connectivity index (χ4n) is 4.42. The SMILES string of the molecule is Cc1nccn1Cc1cccc(C(=O)N2CCC(c3nccnc3Oc3ccc(F)cc3)CC2)c1. The third-order valence-corrected chi connectivity index (χ3v) is 6.34.